The molecule has 2 aromatic heterocycles. The lowest BCUT2D eigenvalue weighted by Gasteiger charge is -2.16. The summed E-state index contributed by atoms with van der Waals surface area (Å²) >= 11 is 2.81. The summed E-state index contributed by atoms with van der Waals surface area (Å²) in [5.74, 6) is -0.191. The number of hydrogen-bond donors (Lipinski definition) is 0. The molecule has 0 atom stereocenters. The highest BCUT2D eigenvalue weighted by molar-refractivity contribution is 7.99. The molecule has 0 spiro atoms. The molecule has 0 aliphatic heterocycles. The minimum atomic E-state index is -0.312. The van der Waals surface area contributed by atoms with Crippen molar-refractivity contribution in [1.82, 2.24) is 9.55 Å². The first-order valence-corrected chi connectivity index (χ1v) is 11.4. The Balaban J connectivity index is 1.86. The van der Waals surface area contributed by atoms with Crippen molar-refractivity contribution in [2.45, 2.75) is 38.4 Å². The van der Waals surface area contributed by atoms with E-state index < -0.39 is 0 Å². The van der Waals surface area contributed by atoms with Gasteiger partial charge in [-0.2, -0.15) is 0 Å². The third kappa shape index (κ3) is 3.76. The van der Waals surface area contributed by atoms with Crippen molar-refractivity contribution >= 4 is 39.3 Å². The van der Waals surface area contributed by atoms with Gasteiger partial charge >= 0.3 is 5.97 Å². The Morgan fingerprint density at radius 1 is 1.34 bits per heavy atom. The molecule has 0 N–H and O–H groups in total. The van der Waals surface area contributed by atoms with Crippen molar-refractivity contribution in [3.8, 4) is 10.4 Å². The first-order valence-electron chi connectivity index (χ1n) is 9.56. The lowest BCUT2D eigenvalue weighted by Crippen LogP contribution is -2.24. The van der Waals surface area contributed by atoms with Crippen LogP contribution in [0.4, 0.5) is 0 Å². The summed E-state index contributed by atoms with van der Waals surface area (Å²) in [5.41, 5.74) is 4.41. The number of esters is 1. The standard InChI is InChI=1S/C22H22N2O3S2/c1-4-27-17(25)12-28-22-23-20-18(21(26)24(22)11-13(2)3)16-10-9-14-7-5-6-8-15(14)19(16)29-20/h5-8H,2,4,9-12H2,1,3H3. The second kappa shape index (κ2) is 8.16. The van der Waals surface area contributed by atoms with Crippen LogP contribution < -0.4 is 5.56 Å². The Kier molecular flexibility index (Phi) is 5.61. The second-order valence-electron chi connectivity index (χ2n) is 7.08. The zero-order valence-corrected chi connectivity index (χ0v) is 18.1. The van der Waals surface area contributed by atoms with E-state index in [-0.39, 0.29) is 17.3 Å². The van der Waals surface area contributed by atoms with Crippen LogP contribution in [0.25, 0.3) is 20.7 Å². The molecule has 1 aliphatic rings. The van der Waals surface area contributed by atoms with Gasteiger partial charge in [0.15, 0.2) is 5.16 Å². The molecule has 5 nitrogen and oxygen atoms in total. The number of carbonyl (C=O) groups is 1. The summed E-state index contributed by atoms with van der Waals surface area (Å²) in [6.45, 7) is 8.33. The number of aryl methyl sites for hydroxylation is 2. The van der Waals surface area contributed by atoms with Crippen LogP contribution in [0.1, 0.15) is 25.0 Å². The maximum Gasteiger partial charge on any atom is 0.316 e. The van der Waals surface area contributed by atoms with E-state index in [9.17, 15) is 9.59 Å². The number of aromatic nitrogens is 2. The van der Waals surface area contributed by atoms with Gasteiger partial charge < -0.3 is 4.74 Å². The van der Waals surface area contributed by atoms with Gasteiger partial charge in [-0.15, -0.1) is 11.3 Å². The highest BCUT2D eigenvalue weighted by atomic mass is 32.2. The minimum Gasteiger partial charge on any atom is -0.465 e. The van der Waals surface area contributed by atoms with E-state index in [1.165, 1.54) is 22.9 Å². The zero-order chi connectivity index (χ0) is 20.5. The summed E-state index contributed by atoms with van der Waals surface area (Å²) in [4.78, 5) is 32.0. The molecule has 0 fully saturated rings. The molecule has 4 rings (SSSR count). The van der Waals surface area contributed by atoms with Crippen LogP contribution in [0.15, 0.2) is 46.4 Å². The lowest BCUT2D eigenvalue weighted by molar-refractivity contribution is -0.139. The van der Waals surface area contributed by atoms with E-state index in [4.69, 9.17) is 9.72 Å². The largest absolute Gasteiger partial charge is 0.465 e. The Morgan fingerprint density at radius 3 is 2.90 bits per heavy atom. The van der Waals surface area contributed by atoms with Crippen molar-refractivity contribution in [2.75, 3.05) is 12.4 Å². The van der Waals surface area contributed by atoms with Crippen LogP contribution in [-0.2, 0) is 28.9 Å². The van der Waals surface area contributed by atoms with Crippen molar-refractivity contribution in [3.63, 3.8) is 0 Å². The van der Waals surface area contributed by atoms with Crippen molar-refractivity contribution < 1.29 is 9.53 Å². The molecule has 0 unspecified atom stereocenters. The molecule has 150 valence electrons. The molecule has 0 bridgehead atoms. The molecule has 7 heteroatoms. The molecular weight excluding hydrogens is 404 g/mol. The van der Waals surface area contributed by atoms with Crippen LogP contribution >= 0.6 is 23.1 Å². The summed E-state index contributed by atoms with van der Waals surface area (Å²) in [7, 11) is 0. The third-order valence-electron chi connectivity index (χ3n) is 4.83. The van der Waals surface area contributed by atoms with E-state index in [1.807, 2.05) is 13.0 Å². The highest BCUT2D eigenvalue weighted by Gasteiger charge is 2.25. The van der Waals surface area contributed by atoms with E-state index in [0.717, 1.165) is 33.7 Å². The van der Waals surface area contributed by atoms with Crippen molar-refractivity contribution in [2.24, 2.45) is 0 Å². The number of ether oxygens (including phenoxy) is 1. The number of hydrogen-bond acceptors (Lipinski definition) is 6. The highest BCUT2D eigenvalue weighted by Crippen LogP contribution is 2.42. The van der Waals surface area contributed by atoms with Gasteiger partial charge in [0.1, 0.15) is 4.83 Å². The number of thiophene rings is 1. The van der Waals surface area contributed by atoms with Crippen LogP contribution in [0.3, 0.4) is 0 Å². The number of rotatable bonds is 6. The third-order valence-corrected chi connectivity index (χ3v) is 6.94. The van der Waals surface area contributed by atoms with Gasteiger partial charge in [0, 0.05) is 11.4 Å². The summed E-state index contributed by atoms with van der Waals surface area (Å²) in [5, 5.41) is 1.24. The van der Waals surface area contributed by atoms with Crippen molar-refractivity contribution in [1.29, 1.82) is 0 Å². The number of carbonyl (C=O) groups excluding carboxylic acids is 1. The molecule has 29 heavy (non-hydrogen) atoms. The van der Waals surface area contributed by atoms with E-state index in [1.54, 1.807) is 22.8 Å². The van der Waals surface area contributed by atoms with Gasteiger partial charge in [0.05, 0.1) is 17.7 Å². The number of allylic oxidation sites excluding steroid dienone is 1. The first-order chi connectivity index (χ1) is 14.0. The van der Waals surface area contributed by atoms with Gasteiger partial charge in [-0.3, -0.25) is 14.2 Å². The van der Waals surface area contributed by atoms with E-state index in [2.05, 4.69) is 24.8 Å². The molecule has 1 aliphatic carbocycles. The molecule has 1 aromatic carbocycles. The van der Waals surface area contributed by atoms with Gasteiger partial charge in [-0.1, -0.05) is 48.2 Å². The fourth-order valence-electron chi connectivity index (χ4n) is 3.64. The zero-order valence-electron chi connectivity index (χ0n) is 16.5. The van der Waals surface area contributed by atoms with Crippen LogP contribution in [0, 0.1) is 0 Å². The van der Waals surface area contributed by atoms with Crippen LogP contribution in [-0.4, -0.2) is 27.9 Å². The van der Waals surface area contributed by atoms with Crippen molar-refractivity contribution in [3.05, 3.63) is 57.9 Å². The predicted molar refractivity (Wildman–Crippen MR) is 119 cm³/mol. The second-order valence-corrected chi connectivity index (χ2v) is 9.03. The number of fused-ring (bicyclic) bond motifs is 5. The lowest BCUT2D eigenvalue weighted by atomic mass is 9.90. The summed E-state index contributed by atoms with van der Waals surface area (Å²) in [6.07, 6.45) is 1.76. The molecule has 3 aromatic rings. The average Bonchev–Trinajstić information content (AvgIpc) is 3.08. The normalized spacial score (nSPS) is 12.5. The van der Waals surface area contributed by atoms with Gasteiger partial charge in [0.2, 0.25) is 0 Å². The van der Waals surface area contributed by atoms with Crippen LogP contribution in [0.5, 0.6) is 0 Å². The van der Waals surface area contributed by atoms with Gasteiger partial charge in [-0.25, -0.2) is 4.98 Å². The van der Waals surface area contributed by atoms with Crippen LogP contribution in [0.2, 0.25) is 0 Å². The minimum absolute atomic E-state index is 0.0544. The Hall–Kier alpha value is -2.38. The van der Waals surface area contributed by atoms with E-state index in [0.29, 0.717) is 23.7 Å². The maximum absolute atomic E-state index is 13.5. The number of benzene rings is 1. The topological polar surface area (TPSA) is 61.2 Å². The van der Waals surface area contributed by atoms with Gasteiger partial charge in [-0.05, 0) is 43.4 Å². The maximum atomic E-state index is 13.5. The Bertz CT molecular complexity index is 1180. The molecule has 0 amide bonds. The molecule has 2 heterocycles. The average molecular weight is 427 g/mol. The SMILES string of the molecule is C=C(C)Cn1c(SCC(=O)OCC)nc2sc3c(c2c1=O)CCc1ccccc1-3. The molecule has 0 radical (unpaired) electrons. The number of thioether (sulfide) groups is 1. The Labute approximate surface area is 177 Å². The first kappa shape index (κ1) is 19.9. The fraction of sp³-hybridized carbons (Fsp3) is 0.318. The molecule has 0 saturated carbocycles. The Morgan fingerprint density at radius 2 is 2.14 bits per heavy atom. The molecular formula is C22H22N2O3S2. The predicted octanol–water partition coefficient (Wildman–Crippen LogP) is 4.45. The quantitative estimate of drug-likeness (QED) is 0.252. The summed E-state index contributed by atoms with van der Waals surface area (Å²) < 4.78 is 6.66. The monoisotopic (exact) mass is 426 g/mol. The summed E-state index contributed by atoms with van der Waals surface area (Å²) in [6, 6.07) is 8.35. The van der Waals surface area contributed by atoms with E-state index >= 15 is 0 Å². The molecule has 0 saturated heterocycles. The fourth-order valence-corrected chi connectivity index (χ4v) is 5.76. The number of nitrogens with zero attached hydrogens (tertiary/aromatic N) is 2. The smallest absolute Gasteiger partial charge is 0.316 e. The van der Waals surface area contributed by atoms with Gasteiger partial charge in [0.25, 0.3) is 5.56 Å².